The molecule has 3 unspecified atom stereocenters. The van der Waals surface area contributed by atoms with Crippen LogP contribution in [-0.2, 0) is 28.8 Å². The number of carboxylic acids is 1. The molecule has 0 aromatic heterocycles. The van der Waals surface area contributed by atoms with Crippen molar-refractivity contribution in [3.8, 4) is 0 Å². The average molecular weight is 418 g/mol. The summed E-state index contributed by atoms with van der Waals surface area (Å²) < 4.78 is 0. The van der Waals surface area contributed by atoms with Crippen LogP contribution in [0.25, 0.3) is 0 Å². The lowest BCUT2D eigenvalue weighted by atomic mass is 10.1. The summed E-state index contributed by atoms with van der Waals surface area (Å²) in [5.41, 5.74) is 15.4. The molecular weight excluding hydrogens is 392 g/mol. The van der Waals surface area contributed by atoms with Crippen molar-refractivity contribution in [1.29, 1.82) is 0 Å². The van der Waals surface area contributed by atoms with Crippen molar-refractivity contribution in [2.45, 2.75) is 43.8 Å². The monoisotopic (exact) mass is 418 g/mol. The second kappa shape index (κ2) is 13.0. The average Bonchev–Trinajstić information content (AvgIpc) is 2.64. The van der Waals surface area contributed by atoms with Gasteiger partial charge in [-0.3, -0.25) is 28.8 Å². The van der Waals surface area contributed by atoms with Crippen LogP contribution in [0, 0.1) is 0 Å². The molecule has 0 aromatic carbocycles. The second-order valence-corrected chi connectivity index (χ2v) is 6.03. The molecule has 11 N–H and O–H groups in total. The second-order valence-electron chi connectivity index (χ2n) is 6.03. The van der Waals surface area contributed by atoms with E-state index in [4.69, 9.17) is 27.4 Å². The van der Waals surface area contributed by atoms with Gasteiger partial charge in [0.05, 0.1) is 6.61 Å². The van der Waals surface area contributed by atoms with Gasteiger partial charge in [0.25, 0.3) is 0 Å². The number of carbonyl (C=O) groups excluding carboxylic acids is 5. The third-order valence-corrected chi connectivity index (χ3v) is 3.57. The Hall–Kier alpha value is -3.26. The number of aliphatic hydroxyl groups excluding tert-OH is 1. The molecule has 0 radical (unpaired) electrons. The molecule has 0 fully saturated rings. The number of aliphatic hydroxyl groups is 1. The minimum Gasteiger partial charge on any atom is -0.480 e. The van der Waals surface area contributed by atoms with E-state index in [9.17, 15) is 28.8 Å². The highest BCUT2D eigenvalue weighted by Gasteiger charge is 2.28. The van der Waals surface area contributed by atoms with Gasteiger partial charge < -0.3 is 43.4 Å². The van der Waals surface area contributed by atoms with Crippen molar-refractivity contribution in [3.05, 3.63) is 0 Å². The van der Waals surface area contributed by atoms with Gasteiger partial charge >= 0.3 is 5.97 Å². The fraction of sp³-hybridized carbons (Fsp3) is 0.600. The van der Waals surface area contributed by atoms with Gasteiger partial charge in [0.2, 0.25) is 29.5 Å². The van der Waals surface area contributed by atoms with Gasteiger partial charge in [-0.1, -0.05) is 0 Å². The molecule has 0 saturated carbocycles. The summed E-state index contributed by atoms with van der Waals surface area (Å²) >= 11 is 0. The largest absolute Gasteiger partial charge is 0.480 e. The van der Waals surface area contributed by atoms with Crippen LogP contribution in [0.15, 0.2) is 0 Å². The van der Waals surface area contributed by atoms with Crippen LogP contribution in [0.1, 0.15) is 25.7 Å². The van der Waals surface area contributed by atoms with Crippen LogP contribution >= 0.6 is 0 Å². The normalized spacial score (nSPS) is 13.4. The quantitative estimate of drug-likeness (QED) is 0.134. The van der Waals surface area contributed by atoms with E-state index in [2.05, 4.69) is 10.6 Å². The highest BCUT2D eigenvalue weighted by atomic mass is 16.4. The Balaban J connectivity index is 5.29. The minimum atomic E-state index is -1.34. The maximum atomic E-state index is 12.5. The number of nitrogens with two attached hydrogens (primary N) is 3. The lowest BCUT2D eigenvalue weighted by Crippen LogP contribution is -2.56. The number of amides is 5. The predicted octanol–water partition coefficient (Wildman–Crippen LogP) is -4.99. The van der Waals surface area contributed by atoms with Crippen LogP contribution in [-0.4, -0.2) is 77.0 Å². The zero-order valence-corrected chi connectivity index (χ0v) is 15.6. The molecule has 0 aliphatic rings. The first-order valence-corrected chi connectivity index (χ1v) is 8.51. The molecular formula is C15H26N6O8. The number of primary amides is 2. The standard InChI is InChI=1S/C15H26N6O8/c16-7(6-22)13(27)20-9(2-4-11(18)24)15(29)21-8(1-3-10(17)23)14(28)19-5-12(25)26/h7-9,22H,1-6,16H2,(H2,17,23)(H2,18,24)(H,19,28)(H,20,27)(H,21,29)(H,25,26). The smallest absolute Gasteiger partial charge is 0.322 e. The molecule has 14 nitrogen and oxygen atoms in total. The molecule has 0 heterocycles. The van der Waals surface area contributed by atoms with Crippen molar-refractivity contribution in [2.75, 3.05) is 13.2 Å². The van der Waals surface area contributed by atoms with E-state index in [1.165, 1.54) is 0 Å². The van der Waals surface area contributed by atoms with Crippen LogP contribution < -0.4 is 33.2 Å². The molecule has 0 spiro atoms. The summed E-state index contributed by atoms with van der Waals surface area (Å²) in [7, 11) is 0. The fourth-order valence-corrected chi connectivity index (χ4v) is 2.03. The van der Waals surface area contributed by atoms with E-state index in [1.54, 1.807) is 0 Å². The summed E-state index contributed by atoms with van der Waals surface area (Å²) in [4.78, 5) is 69.0. The number of carbonyl (C=O) groups is 6. The van der Waals surface area contributed by atoms with Crippen LogP contribution in [0.4, 0.5) is 0 Å². The number of hydrogen-bond donors (Lipinski definition) is 8. The zero-order valence-electron chi connectivity index (χ0n) is 15.6. The van der Waals surface area contributed by atoms with Crippen molar-refractivity contribution < 1.29 is 39.0 Å². The van der Waals surface area contributed by atoms with Crippen molar-refractivity contribution in [3.63, 3.8) is 0 Å². The van der Waals surface area contributed by atoms with E-state index in [-0.39, 0.29) is 25.7 Å². The first-order valence-electron chi connectivity index (χ1n) is 8.51. The molecule has 0 saturated heterocycles. The summed E-state index contributed by atoms with van der Waals surface area (Å²) in [6, 6.07) is -4.01. The van der Waals surface area contributed by atoms with Crippen LogP contribution in [0.2, 0.25) is 0 Å². The minimum absolute atomic E-state index is 0.232. The molecule has 0 rings (SSSR count). The maximum Gasteiger partial charge on any atom is 0.322 e. The van der Waals surface area contributed by atoms with Gasteiger partial charge in [0, 0.05) is 12.8 Å². The van der Waals surface area contributed by atoms with Gasteiger partial charge in [-0.2, -0.15) is 0 Å². The topological polar surface area (TPSA) is 257 Å². The Bertz CT molecular complexity index is 640. The Kier molecular flexibility index (Phi) is 11.5. The molecule has 0 aliphatic carbocycles. The lowest BCUT2D eigenvalue weighted by molar-refractivity contribution is -0.138. The van der Waals surface area contributed by atoms with E-state index in [0.29, 0.717) is 0 Å². The maximum absolute atomic E-state index is 12.5. The summed E-state index contributed by atoms with van der Waals surface area (Å²) in [5.74, 6) is -5.54. The third kappa shape index (κ3) is 11.2. The molecule has 5 amide bonds. The Morgan fingerprint density at radius 3 is 1.66 bits per heavy atom. The number of nitrogens with one attached hydrogen (secondary N) is 3. The number of carboxylic acid groups (broad SMARTS) is 1. The predicted molar refractivity (Wildman–Crippen MR) is 96.4 cm³/mol. The highest BCUT2D eigenvalue weighted by molar-refractivity contribution is 5.94. The molecule has 0 aromatic rings. The molecule has 14 heteroatoms. The van der Waals surface area contributed by atoms with Gasteiger partial charge in [-0.05, 0) is 12.8 Å². The number of aliphatic carboxylic acids is 1. The highest BCUT2D eigenvalue weighted by Crippen LogP contribution is 2.03. The molecule has 29 heavy (non-hydrogen) atoms. The third-order valence-electron chi connectivity index (χ3n) is 3.57. The van der Waals surface area contributed by atoms with Gasteiger partial charge in [-0.15, -0.1) is 0 Å². The lowest BCUT2D eigenvalue weighted by Gasteiger charge is -2.23. The molecule has 164 valence electrons. The van der Waals surface area contributed by atoms with Crippen molar-refractivity contribution in [2.24, 2.45) is 17.2 Å². The van der Waals surface area contributed by atoms with Gasteiger partial charge in [0.15, 0.2) is 0 Å². The first kappa shape index (κ1) is 25.7. The van der Waals surface area contributed by atoms with Crippen molar-refractivity contribution >= 4 is 35.5 Å². The Morgan fingerprint density at radius 2 is 1.24 bits per heavy atom. The number of rotatable bonds is 14. The SMILES string of the molecule is NC(=O)CCC(NC(=O)C(N)CO)C(=O)NC(CCC(N)=O)C(=O)NCC(=O)O. The molecule has 3 atom stereocenters. The van der Waals surface area contributed by atoms with Crippen LogP contribution in [0.3, 0.4) is 0 Å². The van der Waals surface area contributed by atoms with E-state index in [1.807, 2.05) is 5.32 Å². The van der Waals surface area contributed by atoms with Crippen molar-refractivity contribution in [1.82, 2.24) is 16.0 Å². The zero-order chi connectivity index (χ0) is 22.6. The molecule has 0 bridgehead atoms. The first-order chi connectivity index (χ1) is 13.5. The van der Waals surface area contributed by atoms with E-state index < -0.39 is 66.8 Å². The van der Waals surface area contributed by atoms with Crippen LogP contribution in [0.5, 0.6) is 0 Å². The Labute approximate surface area is 165 Å². The fourth-order valence-electron chi connectivity index (χ4n) is 2.03. The van der Waals surface area contributed by atoms with Gasteiger partial charge in [0.1, 0.15) is 24.7 Å². The Morgan fingerprint density at radius 1 is 0.793 bits per heavy atom. The summed E-state index contributed by atoms with van der Waals surface area (Å²) in [6.07, 6.45) is -1.05. The van der Waals surface area contributed by atoms with E-state index in [0.717, 1.165) is 0 Å². The van der Waals surface area contributed by atoms with E-state index >= 15 is 0 Å². The summed E-state index contributed by atoms with van der Waals surface area (Å²) in [6.45, 7) is -1.43. The number of hydrogen-bond acceptors (Lipinski definition) is 8. The summed E-state index contributed by atoms with van der Waals surface area (Å²) in [5, 5.41) is 24.1. The molecule has 0 aliphatic heterocycles. The van der Waals surface area contributed by atoms with Gasteiger partial charge in [-0.25, -0.2) is 0 Å².